The van der Waals surface area contributed by atoms with Crippen molar-refractivity contribution in [1.29, 1.82) is 0 Å². The number of nitrogens with one attached hydrogen (secondary N) is 1. The van der Waals surface area contributed by atoms with Crippen molar-refractivity contribution in [3.63, 3.8) is 0 Å². The average molecular weight is 325 g/mol. The lowest BCUT2D eigenvalue weighted by Gasteiger charge is -2.31. The molecule has 0 spiro atoms. The van der Waals surface area contributed by atoms with E-state index in [9.17, 15) is 19.7 Å². The van der Waals surface area contributed by atoms with Crippen LogP contribution in [0.4, 0.5) is 0 Å². The first-order valence-electron chi connectivity index (χ1n) is 7.08. The predicted molar refractivity (Wildman–Crippen MR) is 81.6 cm³/mol. The first-order valence-corrected chi connectivity index (χ1v) is 7.46. The van der Waals surface area contributed by atoms with Crippen LogP contribution in [0.25, 0.3) is 0 Å². The van der Waals surface area contributed by atoms with Crippen LogP contribution in [0.1, 0.15) is 48.5 Å². The second kappa shape index (κ2) is 6.44. The molecule has 1 aliphatic carbocycles. The van der Waals surface area contributed by atoms with Crippen molar-refractivity contribution in [2.45, 2.75) is 38.1 Å². The number of halogens is 1. The van der Waals surface area contributed by atoms with E-state index in [1.165, 1.54) is 13.0 Å². The Morgan fingerprint density at radius 2 is 2.00 bits per heavy atom. The van der Waals surface area contributed by atoms with E-state index in [0.717, 1.165) is 31.2 Å². The summed E-state index contributed by atoms with van der Waals surface area (Å²) in [5.41, 5.74) is 0.515. The molecule has 0 saturated heterocycles. The number of amides is 1. The third-order valence-electron chi connectivity index (χ3n) is 3.97. The molecule has 118 valence electrons. The topological polar surface area (TPSA) is 89.3 Å². The molecule has 1 N–H and O–H groups in total. The van der Waals surface area contributed by atoms with Crippen molar-refractivity contribution >= 4 is 23.3 Å². The third-order valence-corrected chi connectivity index (χ3v) is 4.28. The van der Waals surface area contributed by atoms with Gasteiger partial charge in [-0.1, -0.05) is 30.5 Å². The molecule has 1 amide bonds. The lowest BCUT2D eigenvalue weighted by molar-refractivity contribution is -0.465. The number of hydrogen-bond donors (Lipinski definition) is 1. The normalized spacial score (nSPS) is 16.3. The van der Waals surface area contributed by atoms with Crippen molar-refractivity contribution in [2.75, 3.05) is 6.54 Å². The number of carbonyl (C=O) groups excluding carboxylic acids is 2. The maximum Gasteiger partial charge on any atom is 0.265 e. The van der Waals surface area contributed by atoms with Crippen LogP contribution < -0.4 is 5.32 Å². The molecule has 1 aliphatic rings. The molecule has 1 aromatic rings. The molecule has 7 heteroatoms. The van der Waals surface area contributed by atoms with Crippen LogP contribution in [0.5, 0.6) is 0 Å². The minimum Gasteiger partial charge on any atom is -0.347 e. The summed E-state index contributed by atoms with van der Waals surface area (Å²) in [5, 5.41) is 13.6. The van der Waals surface area contributed by atoms with Crippen molar-refractivity contribution < 1.29 is 14.5 Å². The van der Waals surface area contributed by atoms with Crippen LogP contribution in [0.3, 0.4) is 0 Å². The van der Waals surface area contributed by atoms with Gasteiger partial charge in [-0.2, -0.15) is 0 Å². The highest BCUT2D eigenvalue weighted by molar-refractivity contribution is 6.34. The Hall–Kier alpha value is -1.95. The van der Waals surface area contributed by atoms with Crippen LogP contribution in [0.15, 0.2) is 18.2 Å². The second-order valence-corrected chi connectivity index (χ2v) is 5.99. The minimum atomic E-state index is -0.782. The number of hydrogen-bond acceptors (Lipinski definition) is 4. The zero-order chi connectivity index (χ0) is 16.3. The number of ketones is 1. The lowest BCUT2D eigenvalue weighted by Crippen LogP contribution is -2.42. The highest BCUT2D eigenvalue weighted by Crippen LogP contribution is 2.40. The number of Topliss-reactive ketones (excluding diaryl/α,β-unsaturated/α-hetero) is 1. The van der Waals surface area contributed by atoms with Crippen molar-refractivity contribution in [3.8, 4) is 0 Å². The fourth-order valence-corrected chi connectivity index (χ4v) is 3.33. The van der Waals surface area contributed by atoms with E-state index in [0.29, 0.717) is 0 Å². The number of rotatable bonds is 5. The lowest BCUT2D eigenvalue weighted by atomic mass is 9.87. The maximum atomic E-state index is 11.8. The van der Waals surface area contributed by atoms with E-state index in [4.69, 9.17) is 11.6 Å². The fraction of sp³-hybridized carbons (Fsp3) is 0.467. The van der Waals surface area contributed by atoms with Gasteiger partial charge >= 0.3 is 0 Å². The molecule has 22 heavy (non-hydrogen) atoms. The molecule has 0 atom stereocenters. The van der Waals surface area contributed by atoms with Gasteiger partial charge in [0.25, 0.3) is 6.54 Å². The third kappa shape index (κ3) is 3.44. The van der Waals surface area contributed by atoms with Gasteiger partial charge in [0.05, 0.1) is 10.6 Å². The monoisotopic (exact) mass is 324 g/mol. The number of benzene rings is 1. The Balaban J connectivity index is 2.33. The van der Waals surface area contributed by atoms with Gasteiger partial charge in [0.1, 0.15) is 0 Å². The highest BCUT2D eigenvalue weighted by Gasteiger charge is 2.36. The molecule has 1 saturated carbocycles. The zero-order valence-corrected chi connectivity index (χ0v) is 13.0. The Morgan fingerprint density at radius 1 is 1.36 bits per heavy atom. The van der Waals surface area contributed by atoms with Gasteiger partial charge in [-0.3, -0.25) is 19.7 Å². The molecular formula is C15H17ClN2O4. The fourth-order valence-electron chi connectivity index (χ4n) is 3.04. The summed E-state index contributed by atoms with van der Waals surface area (Å²) in [6.07, 6.45) is 3.62. The van der Waals surface area contributed by atoms with Gasteiger partial charge < -0.3 is 5.32 Å². The van der Waals surface area contributed by atoms with Gasteiger partial charge in [-0.05, 0) is 30.5 Å². The summed E-state index contributed by atoms with van der Waals surface area (Å²) in [7, 11) is 0. The van der Waals surface area contributed by atoms with Crippen molar-refractivity contribution in [3.05, 3.63) is 44.5 Å². The van der Waals surface area contributed by atoms with Gasteiger partial charge in [0.2, 0.25) is 11.7 Å². The summed E-state index contributed by atoms with van der Waals surface area (Å²) in [6.45, 7) is 0.687. The molecule has 0 heterocycles. The number of nitro groups is 1. The van der Waals surface area contributed by atoms with E-state index < -0.39 is 22.8 Å². The Labute approximate surface area is 133 Å². The van der Waals surface area contributed by atoms with Crippen LogP contribution in [0.2, 0.25) is 5.02 Å². The molecule has 0 bridgehead atoms. The smallest absolute Gasteiger partial charge is 0.265 e. The molecule has 0 aromatic heterocycles. The number of carbonyl (C=O) groups is 2. The van der Waals surface area contributed by atoms with Crippen molar-refractivity contribution in [1.82, 2.24) is 5.32 Å². The SMILES string of the molecule is CC(=O)NC1(c2ccc(C(=O)C[N+](=O)[O-])c(Cl)c2)CCCC1. The Morgan fingerprint density at radius 3 is 2.50 bits per heavy atom. The highest BCUT2D eigenvalue weighted by atomic mass is 35.5. The first-order chi connectivity index (χ1) is 10.3. The molecule has 1 fully saturated rings. The van der Waals surface area contributed by atoms with E-state index in [2.05, 4.69) is 5.32 Å². The minimum absolute atomic E-state index is 0.119. The van der Waals surface area contributed by atoms with Crippen LogP contribution in [0, 0.1) is 10.1 Å². The van der Waals surface area contributed by atoms with E-state index >= 15 is 0 Å². The van der Waals surface area contributed by atoms with Gasteiger partial charge in [-0.15, -0.1) is 0 Å². The molecular weight excluding hydrogens is 308 g/mol. The molecule has 0 radical (unpaired) electrons. The standard InChI is InChI=1S/C15H17ClN2O4/c1-10(19)17-15(6-2-3-7-15)11-4-5-12(13(16)8-11)14(20)9-18(21)22/h4-5,8H,2-3,6-7,9H2,1H3,(H,17,19). The van der Waals surface area contributed by atoms with Crippen LogP contribution in [-0.4, -0.2) is 23.2 Å². The van der Waals surface area contributed by atoms with E-state index in [1.54, 1.807) is 12.1 Å². The quantitative estimate of drug-likeness (QED) is 0.512. The van der Waals surface area contributed by atoms with Gasteiger partial charge in [0.15, 0.2) is 0 Å². The van der Waals surface area contributed by atoms with Crippen LogP contribution in [-0.2, 0) is 10.3 Å². The second-order valence-electron chi connectivity index (χ2n) is 5.58. The molecule has 0 aliphatic heterocycles. The summed E-state index contributed by atoms with van der Waals surface area (Å²) >= 11 is 6.13. The molecule has 2 rings (SSSR count). The van der Waals surface area contributed by atoms with E-state index in [1.807, 2.05) is 0 Å². The summed E-state index contributed by atoms with van der Waals surface area (Å²) in [5.74, 6) is -0.743. The Bertz CT molecular complexity index is 624. The largest absolute Gasteiger partial charge is 0.347 e. The summed E-state index contributed by atoms with van der Waals surface area (Å²) in [4.78, 5) is 33.0. The summed E-state index contributed by atoms with van der Waals surface area (Å²) in [6, 6.07) is 4.86. The average Bonchev–Trinajstić information content (AvgIpc) is 2.86. The van der Waals surface area contributed by atoms with Crippen molar-refractivity contribution in [2.24, 2.45) is 0 Å². The molecule has 1 aromatic carbocycles. The van der Waals surface area contributed by atoms with Crippen LogP contribution >= 0.6 is 11.6 Å². The predicted octanol–water partition coefficient (Wildman–Crippen LogP) is 2.70. The zero-order valence-electron chi connectivity index (χ0n) is 12.2. The molecule has 0 unspecified atom stereocenters. The molecule has 6 nitrogen and oxygen atoms in total. The van der Waals surface area contributed by atoms with Gasteiger partial charge in [-0.25, -0.2) is 0 Å². The van der Waals surface area contributed by atoms with E-state index in [-0.39, 0.29) is 16.5 Å². The Kier molecular flexibility index (Phi) is 4.81. The summed E-state index contributed by atoms with van der Waals surface area (Å²) < 4.78 is 0. The van der Waals surface area contributed by atoms with Gasteiger partial charge in [0, 0.05) is 17.4 Å². The number of nitrogens with zero attached hydrogens (tertiary/aromatic N) is 1. The maximum absolute atomic E-state index is 11.8. The first kappa shape index (κ1) is 16.4.